The van der Waals surface area contributed by atoms with Gasteiger partial charge in [-0.05, 0) is 32.9 Å². The minimum Gasteiger partial charge on any atom is -0.494 e. The number of nitrogens with one attached hydrogen (secondary N) is 2. The Kier molecular flexibility index (Phi) is 5.44. The Morgan fingerprint density at radius 1 is 1.35 bits per heavy atom. The van der Waals surface area contributed by atoms with Gasteiger partial charge in [-0.1, -0.05) is 0 Å². The molecule has 2 aromatic rings. The van der Waals surface area contributed by atoms with Crippen molar-refractivity contribution in [2.45, 2.75) is 32.9 Å². The van der Waals surface area contributed by atoms with Crippen LogP contribution in [0.15, 0.2) is 29.8 Å². The van der Waals surface area contributed by atoms with Gasteiger partial charge >= 0.3 is 6.09 Å². The number of hydrogen-bond acceptors (Lipinski definition) is 6. The van der Waals surface area contributed by atoms with E-state index in [0.717, 1.165) is 10.7 Å². The van der Waals surface area contributed by atoms with Gasteiger partial charge in [0.25, 0.3) is 0 Å². The van der Waals surface area contributed by atoms with Gasteiger partial charge in [0.1, 0.15) is 16.4 Å². The molecule has 7 heteroatoms. The molecule has 0 unspecified atom stereocenters. The number of ether oxygens (including phenoxy) is 2. The number of aromatic nitrogens is 1. The molecule has 0 atom stereocenters. The Bertz CT molecular complexity index is 651. The van der Waals surface area contributed by atoms with Gasteiger partial charge in [-0.3, -0.25) is 5.32 Å². The summed E-state index contributed by atoms with van der Waals surface area (Å²) in [5, 5.41) is 8.89. The van der Waals surface area contributed by atoms with E-state index >= 15 is 0 Å². The van der Waals surface area contributed by atoms with Crippen LogP contribution in [-0.2, 0) is 11.3 Å². The molecule has 0 spiro atoms. The molecule has 0 radical (unpaired) electrons. The zero-order valence-electron chi connectivity index (χ0n) is 13.7. The molecule has 2 N–H and O–H groups in total. The first kappa shape index (κ1) is 17.1. The topological polar surface area (TPSA) is 72.5 Å². The van der Waals surface area contributed by atoms with Crippen LogP contribution in [0.3, 0.4) is 0 Å². The fourth-order valence-electron chi connectivity index (χ4n) is 1.84. The quantitative estimate of drug-likeness (QED) is 0.860. The molecule has 2 rings (SSSR count). The lowest BCUT2D eigenvalue weighted by Gasteiger charge is -2.20. The second-order valence-electron chi connectivity index (χ2n) is 5.82. The van der Waals surface area contributed by atoms with Crippen LogP contribution in [0.25, 0.3) is 0 Å². The average molecular weight is 335 g/mol. The molecule has 0 aliphatic rings. The third kappa shape index (κ3) is 5.45. The van der Waals surface area contributed by atoms with Crippen molar-refractivity contribution in [2.75, 3.05) is 17.7 Å². The summed E-state index contributed by atoms with van der Waals surface area (Å²) in [5.41, 5.74) is 0.889. The van der Waals surface area contributed by atoms with Gasteiger partial charge in [0.2, 0.25) is 0 Å². The van der Waals surface area contributed by atoms with Crippen molar-refractivity contribution < 1.29 is 14.3 Å². The summed E-state index contributed by atoms with van der Waals surface area (Å²) in [6, 6.07) is 5.45. The fourth-order valence-corrected chi connectivity index (χ4v) is 2.39. The van der Waals surface area contributed by atoms with E-state index in [9.17, 15) is 4.79 Å². The van der Waals surface area contributed by atoms with Crippen LogP contribution in [0.4, 0.5) is 16.2 Å². The monoisotopic (exact) mass is 335 g/mol. The number of hydrogen-bond donors (Lipinski definition) is 2. The molecule has 0 bridgehead atoms. The predicted molar refractivity (Wildman–Crippen MR) is 92.3 cm³/mol. The van der Waals surface area contributed by atoms with E-state index in [2.05, 4.69) is 15.6 Å². The average Bonchev–Trinajstić information content (AvgIpc) is 2.97. The highest BCUT2D eigenvalue weighted by atomic mass is 32.1. The molecule has 0 aliphatic carbocycles. The normalized spacial score (nSPS) is 11.0. The summed E-state index contributed by atoms with van der Waals surface area (Å²) in [6.45, 7) is 6.08. The number of thiazole rings is 1. The van der Waals surface area contributed by atoms with E-state index < -0.39 is 11.7 Å². The molecule has 0 aliphatic heterocycles. The number of carbonyl (C=O) groups is 1. The van der Waals surface area contributed by atoms with Crippen LogP contribution in [0, 0.1) is 0 Å². The lowest BCUT2D eigenvalue weighted by Crippen LogP contribution is -2.27. The van der Waals surface area contributed by atoms with E-state index in [1.807, 2.05) is 38.3 Å². The van der Waals surface area contributed by atoms with E-state index in [-0.39, 0.29) is 0 Å². The lowest BCUT2D eigenvalue weighted by molar-refractivity contribution is 0.0635. The summed E-state index contributed by atoms with van der Waals surface area (Å²) < 4.78 is 10.6. The van der Waals surface area contributed by atoms with E-state index in [4.69, 9.17) is 9.47 Å². The maximum atomic E-state index is 11.9. The van der Waals surface area contributed by atoms with Crippen LogP contribution < -0.4 is 15.4 Å². The molecule has 0 saturated carbocycles. The maximum absolute atomic E-state index is 11.9. The summed E-state index contributed by atoms with van der Waals surface area (Å²) >= 11 is 1.59. The van der Waals surface area contributed by atoms with Crippen LogP contribution in [0.2, 0.25) is 0 Å². The van der Waals surface area contributed by atoms with E-state index in [0.29, 0.717) is 18.0 Å². The first-order valence-corrected chi connectivity index (χ1v) is 8.05. The molecule has 1 amide bonds. The number of nitrogens with zero attached hydrogens (tertiary/aromatic N) is 1. The van der Waals surface area contributed by atoms with E-state index in [1.54, 1.807) is 30.7 Å². The first-order chi connectivity index (χ1) is 10.9. The van der Waals surface area contributed by atoms with Gasteiger partial charge in [0, 0.05) is 23.3 Å². The van der Waals surface area contributed by atoms with Crippen molar-refractivity contribution in [3.05, 3.63) is 34.8 Å². The van der Waals surface area contributed by atoms with Crippen LogP contribution in [-0.4, -0.2) is 23.8 Å². The smallest absolute Gasteiger partial charge is 0.412 e. The minimum absolute atomic E-state index is 0.515. The highest BCUT2D eigenvalue weighted by molar-refractivity contribution is 7.09. The van der Waals surface area contributed by atoms with Crippen LogP contribution >= 0.6 is 11.3 Å². The largest absolute Gasteiger partial charge is 0.494 e. The van der Waals surface area contributed by atoms with Crippen molar-refractivity contribution in [1.29, 1.82) is 0 Å². The molecule has 0 saturated heterocycles. The molecule has 1 heterocycles. The third-order valence-corrected chi connectivity index (χ3v) is 3.54. The Hall–Kier alpha value is -2.28. The molecule has 23 heavy (non-hydrogen) atoms. The zero-order chi connectivity index (χ0) is 16.9. The summed E-state index contributed by atoms with van der Waals surface area (Å²) in [7, 11) is 1.56. The Morgan fingerprint density at radius 2 is 2.13 bits per heavy atom. The molecule has 1 aromatic heterocycles. The highest BCUT2D eigenvalue weighted by Gasteiger charge is 2.17. The summed E-state index contributed by atoms with van der Waals surface area (Å²) in [4.78, 5) is 16.1. The second kappa shape index (κ2) is 7.32. The zero-order valence-corrected chi connectivity index (χ0v) is 14.5. The van der Waals surface area contributed by atoms with Gasteiger partial charge in [-0.25, -0.2) is 9.78 Å². The van der Waals surface area contributed by atoms with Crippen molar-refractivity contribution in [3.8, 4) is 5.75 Å². The van der Waals surface area contributed by atoms with Crippen molar-refractivity contribution in [2.24, 2.45) is 0 Å². The van der Waals surface area contributed by atoms with Gasteiger partial charge in [-0.15, -0.1) is 11.3 Å². The maximum Gasteiger partial charge on any atom is 0.412 e. The van der Waals surface area contributed by atoms with E-state index in [1.165, 1.54) is 0 Å². The second-order valence-corrected chi connectivity index (χ2v) is 6.80. The van der Waals surface area contributed by atoms with Gasteiger partial charge < -0.3 is 14.8 Å². The number of benzene rings is 1. The number of anilines is 2. The first-order valence-electron chi connectivity index (χ1n) is 7.17. The standard InChI is InChI=1S/C16H21N3O3S/c1-16(2,3)22-15(20)19-12-6-5-11(9-13(12)21-4)18-10-14-17-7-8-23-14/h5-9,18H,10H2,1-4H3,(H,19,20). The molecule has 0 fully saturated rings. The minimum atomic E-state index is -0.549. The Balaban J connectivity index is 2.02. The lowest BCUT2D eigenvalue weighted by atomic mass is 10.2. The van der Waals surface area contributed by atoms with Crippen molar-refractivity contribution in [3.63, 3.8) is 0 Å². The number of methoxy groups -OCH3 is 1. The number of rotatable bonds is 5. The van der Waals surface area contributed by atoms with Crippen LogP contribution in [0.5, 0.6) is 5.75 Å². The predicted octanol–water partition coefficient (Wildman–Crippen LogP) is 4.11. The van der Waals surface area contributed by atoms with Gasteiger partial charge in [0.15, 0.2) is 0 Å². The molecular weight excluding hydrogens is 314 g/mol. The van der Waals surface area contributed by atoms with Gasteiger partial charge in [-0.2, -0.15) is 0 Å². The molecule has 1 aromatic carbocycles. The summed E-state index contributed by atoms with van der Waals surface area (Å²) in [6.07, 6.45) is 1.26. The summed E-state index contributed by atoms with van der Waals surface area (Å²) in [5.74, 6) is 0.556. The number of carbonyl (C=O) groups excluding carboxylic acids is 1. The Labute approximate surface area is 139 Å². The fraction of sp³-hybridized carbons (Fsp3) is 0.375. The molecule has 6 nitrogen and oxygen atoms in total. The SMILES string of the molecule is COc1cc(NCc2nccs2)ccc1NC(=O)OC(C)(C)C. The van der Waals surface area contributed by atoms with Gasteiger partial charge in [0.05, 0.1) is 19.3 Å². The molecule has 124 valence electrons. The van der Waals surface area contributed by atoms with Crippen molar-refractivity contribution in [1.82, 2.24) is 4.98 Å². The van der Waals surface area contributed by atoms with Crippen LogP contribution in [0.1, 0.15) is 25.8 Å². The molecular formula is C16H21N3O3S. The third-order valence-electron chi connectivity index (χ3n) is 2.76. The Morgan fingerprint density at radius 3 is 2.74 bits per heavy atom. The highest BCUT2D eigenvalue weighted by Crippen LogP contribution is 2.28. The van der Waals surface area contributed by atoms with Crippen molar-refractivity contribution >= 4 is 28.8 Å². The number of amides is 1.